The van der Waals surface area contributed by atoms with Gasteiger partial charge in [0.15, 0.2) is 0 Å². The number of nitrogens with one attached hydrogen (secondary N) is 1. The summed E-state index contributed by atoms with van der Waals surface area (Å²) < 4.78 is 1.39. The standard InChI is InChI=1S/C14H19N5OS/c1-4-11(3)21-12-5-6-13(10(2)7-12)16-14(20)8-19-9-15-17-18-19/h5-7,9,11H,4,8H2,1-3H3,(H,16,20)/t11-/m1/s1. The molecule has 1 aromatic carbocycles. The van der Waals surface area contributed by atoms with Crippen LogP contribution in [0.25, 0.3) is 0 Å². The molecule has 0 unspecified atom stereocenters. The number of anilines is 1. The number of aryl methyl sites for hydroxylation is 1. The molecule has 0 saturated heterocycles. The molecule has 2 aromatic rings. The van der Waals surface area contributed by atoms with Gasteiger partial charge in [-0.1, -0.05) is 13.8 Å². The van der Waals surface area contributed by atoms with Crippen molar-refractivity contribution in [3.63, 3.8) is 0 Å². The molecule has 0 fully saturated rings. The molecule has 0 bridgehead atoms. The predicted molar refractivity (Wildman–Crippen MR) is 83.2 cm³/mol. The van der Waals surface area contributed by atoms with Crippen LogP contribution in [0, 0.1) is 6.92 Å². The van der Waals surface area contributed by atoms with Gasteiger partial charge >= 0.3 is 0 Å². The summed E-state index contributed by atoms with van der Waals surface area (Å²) in [6.07, 6.45) is 2.55. The van der Waals surface area contributed by atoms with Gasteiger partial charge in [0.1, 0.15) is 12.9 Å². The Kier molecular flexibility index (Phi) is 5.32. The molecule has 0 spiro atoms. The molecule has 0 aliphatic rings. The molecule has 0 radical (unpaired) electrons. The van der Waals surface area contributed by atoms with Gasteiger partial charge in [-0.3, -0.25) is 4.79 Å². The Bertz CT molecular complexity index is 599. The Balaban J connectivity index is 1.98. The van der Waals surface area contributed by atoms with E-state index < -0.39 is 0 Å². The van der Waals surface area contributed by atoms with Crippen molar-refractivity contribution in [1.82, 2.24) is 20.2 Å². The van der Waals surface area contributed by atoms with Crippen LogP contribution in [0.3, 0.4) is 0 Å². The summed E-state index contributed by atoms with van der Waals surface area (Å²) >= 11 is 1.85. The second-order valence-electron chi connectivity index (χ2n) is 4.87. The van der Waals surface area contributed by atoms with E-state index in [0.29, 0.717) is 5.25 Å². The van der Waals surface area contributed by atoms with Crippen molar-refractivity contribution in [2.75, 3.05) is 5.32 Å². The average molecular weight is 305 g/mol. The van der Waals surface area contributed by atoms with Crippen molar-refractivity contribution in [2.24, 2.45) is 0 Å². The van der Waals surface area contributed by atoms with Crippen molar-refractivity contribution >= 4 is 23.4 Å². The first-order valence-corrected chi connectivity index (χ1v) is 7.74. The molecule has 7 heteroatoms. The van der Waals surface area contributed by atoms with E-state index >= 15 is 0 Å². The summed E-state index contributed by atoms with van der Waals surface area (Å²) in [6, 6.07) is 6.08. The van der Waals surface area contributed by atoms with Crippen LogP contribution in [0.1, 0.15) is 25.8 Å². The number of aromatic nitrogens is 4. The van der Waals surface area contributed by atoms with Gasteiger partial charge in [0.25, 0.3) is 0 Å². The van der Waals surface area contributed by atoms with Crippen LogP contribution in [0.15, 0.2) is 29.4 Å². The number of rotatable bonds is 6. The predicted octanol–water partition coefficient (Wildman–Crippen LogP) is 2.51. The molecule has 1 atom stereocenters. The maximum Gasteiger partial charge on any atom is 0.246 e. The Labute approximate surface area is 128 Å². The van der Waals surface area contributed by atoms with Crippen molar-refractivity contribution in [2.45, 2.75) is 43.9 Å². The van der Waals surface area contributed by atoms with Gasteiger partial charge in [-0.25, -0.2) is 4.68 Å². The Morgan fingerprint density at radius 3 is 2.90 bits per heavy atom. The van der Waals surface area contributed by atoms with Crippen LogP contribution in [0.4, 0.5) is 5.69 Å². The first kappa shape index (κ1) is 15.5. The molecular formula is C14H19N5OS. The van der Waals surface area contributed by atoms with Crippen LogP contribution in [0.2, 0.25) is 0 Å². The maximum absolute atomic E-state index is 11.9. The number of hydrogen-bond donors (Lipinski definition) is 1. The average Bonchev–Trinajstić information content (AvgIpc) is 2.94. The first-order chi connectivity index (χ1) is 10.1. The summed E-state index contributed by atoms with van der Waals surface area (Å²) in [5.74, 6) is -0.146. The minimum absolute atomic E-state index is 0.107. The van der Waals surface area contributed by atoms with Gasteiger partial charge in [0, 0.05) is 15.8 Å². The van der Waals surface area contributed by atoms with E-state index in [-0.39, 0.29) is 12.5 Å². The maximum atomic E-state index is 11.9. The minimum atomic E-state index is -0.146. The molecule has 6 nitrogen and oxygen atoms in total. The largest absolute Gasteiger partial charge is 0.324 e. The van der Waals surface area contributed by atoms with Crippen molar-refractivity contribution in [3.8, 4) is 0 Å². The summed E-state index contributed by atoms with van der Waals surface area (Å²) in [6.45, 7) is 6.49. The number of carbonyl (C=O) groups is 1. The number of hydrogen-bond acceptors (Lipinski definition) is 5. The molecule has 112 valence electrons. The Hall–Kier alpha value is -1.89. The van der Waals surface area contributed by atoms with Gasteiger partial charge in [-0.05, 0) is 47.5 Å². The number of thioether (sulfide) groups is 1. The van der Waals surface area contributed by atoms with Crippen LogP contribution in [0.5, 0.6) is 0 Å². The molecule has 2 rings (SSSR count). The third-order valence-corrected chi connectivity index (χ3v) is 4.34. The lowest BCUT2D eigenvalue weighted by Crippen LogP contribution is -2.19. The highest BCUT2D eigenvalue weighted by atomic mass is 32.2. The van der Waals surface area contributed by atoms with Gasteiger partial charge in [-0.15, -0.1) is 16.9 Å². The highest BCUT2D eigenvalue weighted by molar-refractivity contribution is 7.99. The van der Waals surface area contributed by atoms with Gasteiger partial charge in [0.2, 0.25) is 5.91 Å². The third-order valence-electron chi connectivity index (χ3n) is 3.08. The molecule has 1 amide bonds. The van der Waals surface area contributed by atoms with Crippen LogP contribution in [-0.2, 0) is 11.3 Å². The Morgan fingerprint density at radius 1 is 1.48 bits per heavy atom. The monoisotopic (exact) mass is 305 g/mol. The lowest BCUT2D eigenvalue weighted by molar-refractivity contribution is -0.116. The molecule has 21 heavy (non-hydrogen) atoms. The minimum Gasteiger partial charge on any atom is -0.324 e. The molecular weight excluding hydrogens is 286 g/mol. The zero-order valence-electron chi connectivity index (χ0n) is 12.4. The second kappa shape index (κ2) is 7.21. The van der Waals surface area contributed by atoms with Gasteiger partial charge in [0.05, 0.1) is 0 Å². The van der Waals surface area contributed by atoms with Crippen LogP contribution < -0.4 is 5.32 Å². The fourth-order valence-corrected chi connectivity index (χ4v) is 2.78. The topological polar surface area (TPSA) is 72.7 Å². The van der Waals surface area contributed by atoms with Gasteiger partial charge < -0.3 is 5.32 Å². The number of nitrogens with zero attached hydrogens (tertiary/aromatic N) is 4. The first-order valence-electron chi connectivity index (χ1n) is 6.86. The van der Waals surface area contributed by atoms with Crippen molar-refractivity contribution in [1.29, 1.82) is 0 Å². The lowest BCUT2D eigenvalue weighted by Gasteiger charge is -2.12. The summed E-state index contributed by atoms with van der Waals surface area (Å²) in [5.41, 5.74) is 1.87. The third kappa shape index (κ3) is 4.56. The molecule has 1 N–H and O–H groups in total. The quantitative estimate of drug-likeness (QED) is 0.830. The highest BCUT2D eigenvalue weighted by Crippen LogP contribution is 2.28. The number of carbonyl (C=O) groups excluding carboxylic acids is 1. The van der Waals surface area contributed by atoms with Crippen LogP contribution in [-0.4, -0.2) is 31.4 Å². The normalized spacial score (nSPS) is 12.1. The highest BCUT2D eigenvalue weighted by Gasteiger charge is 2.08. The fourth-order valence-electron chi connectivity index (χ4n) is 1.75. The number of tetrazole rings is 1. The van der Waals surface area contributed by atoms with E-state index in [2.05, 4.69) is 40.8 Å². The van der Waals surface area contributed by atoms with Crippen molar-refractivity contribution in [3.05, 3.63) is 30.1 Å². The smallest absolute Gasteiger partial charge is 0.246 e. The van der Waals surface area contributed by atoms with Crippen molar-refractivity contribution < 1.29 is 4.79 Å². The van der Waals surface area contributed by atoms with E-state index in [1.165, 1.54) is 15.9 Å². The van der Waals surface area contributed by atoms with E-state index in [1.54, 1.807) is 0 Å². The zero-order chi connectivity index (χ0) is 15.2. The zero-order valence-corrected chi connectivity index (χ0v) is 13.2. The number of amides is 1. The Morgan fingerprint density at radius 2 is 2.29 bits per heavy atom. The van der Waals surface area contributed by atoms with E-state index in [0.717, 1.165) is 17.7 Å². The molecule has 1 heterocycles. The number of benzene rings is 1. The summed E-state index contributed by atoms with van der Waals surface area (Å²) in [4.78, 5) is 13.1. The van der Waals surface area contributed by atoms with E-state index in [9.17, 15) is 4.79 Å². The molecule has 0 aliphatic carbocycles. The fraction of sp³-hybridized carbons (Fsp3) is 0.429. The molecule has 0 saturated carbocycles. The van der Waals surface area contributed by atoms with Crippen LogP contribution >= 0.6 is 11.8 Å². The summed E-state index contributed by atoms with van der Waals surface area (Å²) in [5, 5.41) is 14.1. The van der Waals surface area contributed by atoms with E-state index in [1.807, 2.05) is 30.8 Å². The van der Waals surface area contributed by atoms with Gasteiger partial charge in [-0.2, -0.15) is 0 Å². The molecule has 1 aromatic heterocycles. The molecule has 0 aliphatic heterocycles. The van der Waals surface area contributed by atoms with E-state index in [4.69, 9.17) is 0 Å². The summed E-state index contributed by atoms with van der Waals surface area (Å²) in [7, 11) is 0. The second-order valence-corrected chi connectivity index (χ2v) is 6.38. The SMILES string of the molecule is CC[C@@H](C)Sc1ccc(NC(=O)Cn2cnnn2)c(C)c1. The lowest BCUT2D eigenvalue weighted by atomic mass is 10.2.